The monoisotopic (exact) mass is 267 g/mol. The summed E-state index contributed by atoms with van der Waals surface area (Å²) >= 11 is 3.56. The minimum absolute atomic E-state index is 0.181. The van der Waals surface area contributed by atoms with E-state index in [-0.39, 0.29) is 6.10 Å². The van der Waals surface area contributed by atoms with E-state index in [1.165, 1.54) is 0 Å². The highest BCUT2D eigenvalue weighted by molar-refractivity contribution is 9.10. The van der Waals surface area contributed by atoms with Gasteiger partial charge in [-0.25, -0.2) is 0 Å². The Morgan fingerprint density at radius 3 is 2.67 bits per heavy atom. The lowest BCUT2D eigenvalue weighted by Gasteiger charge is -2.15. The van der Waals surface area contributed by atoms with E-state index >= 15 is 0 Å². The zero-order valence-electron chi connectivity index (χ0n) is 9.38. The molecule has 0 amide bonds. The number of allylic oxidation sites excluding steroid dienone is 1. The molecule has 0 unspecified atom stereocenters. The predicted molar refractivity (Wildman–Crippen MR) is 68.1 cm³/mol. The molecule has 1 nitrogen and oxygen atoms in total. The van der Waals surface area contributed by atoms with Crippen LogP contribution < -0.4 is 4.74 Å². The molecule has 0 spiro atoms. The maximum Gasteiger partial charge on any atom is 0.134 e. The highest BCUT2D eigenvalue weighted by Gasteiger charge is 2.11. The van der Waals surface area contributed by atoms with Crippen LogP contribution in [-0.4, -0.2) is 6.10 Å². The van der Waals surface area contributed by atoms with Crippen LogP contribution in [0.25, 0.3) is 0 Å². The summed E-state index contributed by atoms with van der Waals surface area (Å²) in [4.78, 5) is 0. The second kappa shape index (κ2) is 5.36. The molecule has 1 rings (SSSR count). The summed E-state index contributed by atoms with van der Waals surface area (Å²) in [6.07, 6.45) is 2.03. The van der Waals surface area contributed by atoms with Gasteiger partial charge in [0.2, 0.25) is 0 Å². The summed E-state index contributed by atoms with van der Waals surface area (Å²) in [5.41, 5.74) is 1.13. The molecule has 0 N–H and O–H groups in total. The molecule has 0 atom stereocenters. The van der Waals surface area contributed by atoms with Crippen LogP contribution in [0, 0.1) is 5.92 Å². The largest absolute Gasteiger partial charge is 0.490 e. The van der Waals surface area contributed by atoms with Crippen LogP contribution in [0.4, 0.5) is 0 Å². The third-order valence-corrected chi connectivity index (χ3v) is 2.87. The third-order valence-electron chi connectivity index (χ3n) is 2.06. The molecule has 0 bridgehead atoms. The van der Waals surface area contributed by atoms with Gasteiger partial charge >= 0.3 is 0 Å². The Morgan fingerprint density at radius 2 is 2.13 bits per heavy atom. The summed E-state index contributed by atoms with van der Waals surface area (Å²) in [6, 6.07) is 6.00. The van der Waals surface area contributed by atoms with E-state index in [2.05, 4.69) is 22.5 Å². The second-order valence-electron chi connectivity index (χ2n) is 3.67. The first-order valence-electron chi connectivity index (χ1n) is 4.97. The van der Waals surface area contributed by atoms with Crippen molar-refractivity contribution in [1.82, 2.24) is 0 Å². The van der Waals surface area contributed by atoms with Crippen LogP contribution in [0.1, 0.15) is 26.3 Å². The summed E-state index contributed by atoms with van der Waals surface area (Å²) in [5.74, 6) is 2.01. The molecule has 0 aliphatic rings. The van der Waals surface area contributed by atoms with E-state index in [0.717, 1.165) is 21.7 Å². The minimum atomic E-state index is 0.181. The van der Waals surface area contributed by atoms with Crippen molar-refractivity contribution in [2.24, 2.45) is 0 Å². The fourth-order valence-electron chi connectivity index (χ4n) is 1.27. The number of halogens is 1. The summed E-state index contributed by atoms with van der Waals surface area (Å²) in [5, 5.41) is 0. The second-order valence-corrected chi connectivity index (χ2v) is 4.46. The molecule has 0 aromatic heterocycles. The first-order chi connectivity index (χ1) is 7.06. The standard InChI is InChI=1S/C13H16BrO/c1-5-10(4)11-7-6-8-12(13(11)14)15-9(2)3/h5-9H,1H2,2-4H3. The van der Waals surface area contributed by atoms with Crippen molar-refractivity contribution in [3.63, 3.8) is 0 Å². The number of benzene rings is 1. The number of hydrogen-bond acceptors (Lipinski definition) is 1. The molecule has 0 fully saturated rings. The zero-order valence-corrected chi connectivity index (χ0v) is 11.0. The first kappa shape index (κ1) is 12.3. The highest BCUT2D eigenvalue weighted by Crippen LogP contribution is 2.33. The quantitative estimate of drug-likeness (QED) is 0.788. The van der Waals surface area contributed by atoms with Crippen molar-refractivity contribution >= 4 is 15.9 Å². The normalized spacial score (nSPS) is 10.8. The van der Waals surface area contributed by atoms with Gasteiger partial charge in [-0.15, -0.1) is 6.58 Å². The van der Waals surface area contributed by atoms with E-state index < -0.39 is 0 Å². The highest BCUT2D eigenvalue weighted by atomic mass is 79.9. The molecule has 0 saturated carbocycles. The van der Waals surface area contributed by atoms with Gasteiger partial charge in [-0.2, -0.15) is 0 Å². The molecule has 2 heteroatoms. The van der Waals surface area contributed by atoms with Gasteiger partial charge in [-0.1, -0.05) is 25.1 Å². The maximum absolute atomic E-state index is 5.69. The van der Waals surface area contributed by atoms with Gasteiger partial charge in [0, 0.05) is 5.92 Å². The Kier molecular flexibility index (Phi) is 4.40. The van der Waals surface area contributed by atoms with E-state index in [9.17, 15) is 0 Å². The van der Waals surface area contributed by atoms with E-state index in [1.807, 2.05) is 45.0 Å². The number of rotatable bonds is 4. The van der Waals surface area contributed by atoms with Gasteiger partial charge in [0.15, 0.2) is 0 Å². The summed E-state index contributed by atoms with van der Waals surface area (Å²) in [7, 11) is 0. The molecule has 1 radical (unpaired) electrons. The van der Waals surface area contributed by atoms with E-state index in [1.54, 1.807) is 0 Å². The van der Waals surface area contributed by atoms with Crippen LogP contribution in [0.15, 0.2) is 35.3 Å². The zero-order chi connectivity index (χ0) is 11.4. The topological polar surface area (TPSA) is 9.23 Å². The van der Waals surface area contributed by atoms with Crippen LogP contribution in [0.5, 0.6) is 5.75 Å². The van der Waals surface area contributed by atoms with Crippen molar-refractivity contribution < 1.29 is 4.74 Å². The lowest BCUT2D eigenvalue weighted by molar-refractivity contribution is 0.240. The Morgan fingerprint density at radius 1 is 1.47 bits per heavy atom. The Bertz CT molecular complexity index is 344. The predicted octanol–water partition coefficient (Wildman–Crippen LogP) is 4.36. The van der Waals surface area contributed by atoms with Crippen molar-refractivity contribution in [2.75, 3.05) is 0 Å². The van der Waals surface area contributed by atoms with Gasteiger partial charge in [0.05, 0.1) is 10.6 Å². The van der Waals surface area contributed by atoms with Crippen LogP contribution in [-0.2, 0) is 0 Å². The fourth-order valence-corrected chi connectivity index (χ4v) is 1.94. The molecule has 1 aromatic rings. The maximum atomic E-state index is 5.69. The summed E-state index contributed by atoms with van der Waals surface area (Å²) in [6.45, 7) is 9.84. The number of hydrogen-bond donors (Lipinski definition) is 0. The molecule has 0 heterocycles. The SMILES string of the molecule is C=C[C](C)c1cccc(OC(C)C)c1Br. The first-order valence-corrected chi connectivity index (χ1v) is 5.77. The van der Waals surface area contributed by atoms with Gasteiger partial charge in [0.1, 0.15) is 5.75 Å². The van der Waals surface area contributed by atoms with Gasteiger partial charge < -0.3 is 4.74 Å². The molecule has 0 aliphatic heterocycles. The van der Waals surface area contributed by atoms with Gasteiger partial charge in [-0.05, 0) is 41.4 Å². The molecule has 0 saturated heterocycles. The smallest absolute Gasteiger partial charge is 0.134 e. The van der Waals surface area contributed by atoms with Crippen LogP contribution in [0.3, 0.4) is 0 Å². The number of ether oxygens (including phenoxy) is 1. The van der Waals surface area contributed by atoms with Crippen molar-refractivity contribution in [3.05, 3.63) is 46.8 Å². The fraction of sp³-hybridized carbons (Fsp3) is 0.308. The average Bonchev–Trinajstić information content (AvgIpc) is 2.19. The molecular formula is C13H16BrO. The lowest BCUT2D eigenvalue weighted by atomic mass is 10.0. The van der Waals surface area contributed by atoms with Crippen LogP contribution in [0.2, 0.25) is 0 Å². The Labute approximate surface area is 100 Å². The Hall–Kier alpha value is -0.760. The summed E-state index contributed by atoms with van der Waals surface area (Å²) < 4.78 is 6.68. The molecule has 0 aliphatic carbocycles. The molecular weight excluding hydrogens is 252 g/mol. The van der Waals surface area contributed by atoms with Gasteiger partial charge in [-0.3, -0.25) is 0 Å². The van der Waals surface area contributed by atoms with E-state index in [0.29, 0.717) is 0 Å². The molecule has 1 aromatic carbocycles. The van der Waals surface area contributed by atoms with Crippen LogP contribution >= 0.6 is 15.9 Å². The van der Waals surface area contributed by atoms with Crippen molar-refractivity contribution in [3.8, 4) is 5.75 Å². The molecule has 81 valence electrons. The van der Waals surface area contributed by atoms with Crippen molar-refractivity contribution in [2.45, 2.75) is 26.9 Å². The molecule has 15 heavy (non-hydrogen) atoms. The minimum Gasteiger partial charge on any atom is -0.490 e. The van der Waals surface area contributed by atoms with Gasteiger partial charge in [0.25, 0.3) is 0 Å². The third kappa shape index (κ3) is 3.10. The average molecular weight is 268 g/mol. The van der Waals surface area contributed by atoms with Crippen molar-refractivity contribution in [1.29, 1.82) is 0 Å². The van der Waals surface area contributed by atoms with E-state index in [4.69, 9.17) is 4.74 Å². The lowest BCUT2D eigenvalue weighted by Crippen LogP contribution is -2.07. The Balaban J connectivity index is 3.05.